The third-order valence-corrected chi connectivity index (χ3v) is 3.95. The lowest BCUT2D eigenvalue weighted by atomic mass is 9.96. The second-order valence-corrected chi connectivity index (χ2v) is 5.73. The molecule has 25 heavy (non-hydrogen) atoms. The van der Waals surface area contributed by atoms with Crippen molar-refractivity contribution in [2.24, 2.45) is 0 Å². The quantitative estimate of drug-likeness (QED) is 0.775. The first-order valence-corrected chi connectivity index (χ1v) is 8.25. The Labute approximate surface area is 147 Å². The molecule has 0 fully saturated rings. The molecular formula is C20H22N2O3. The molecule has 5 nitrogen and oxygen atoms in total. The van der Waals surface area contributed by atoms with Crippen molar-refractivity contribution in [2.75, 3.05) is 13.2 Å². The number of nitrogens with zero attached hydrogens (tertiary/aromatic N) is 1. The topological polar surface area (TPSA) is 82.3 Å². The molecule has 0 bridgehead atoms. The molecule has 0 radical (unpaired) electrons. The van der Waals surface area contributed by atoms with Crippen molar-refractivity contribution in [3.63, 3.8) is 0 Å². The fourth-order valence-corrected chi connectivity index (χ4v) is 2.54. The Morgan fingerprint density at radius 3 is 2.56 bits per heavy atom. The molecule has 2 aromatic carbocycles. The van der Waals surface area contributed by atoms with E-state index < -0.39 is 6.10 Å². The molecule has 5 heteroatoms. The summed E-state index contributed by atoms with van der Waals surface area (Å²) >= 11 is 0. The molecule has 2 aromatic rings. The number of nitriles is 1. The Morgan fingerprint density at radius 1 is 1.20 bits per heavy atom. The fraction of sp³-hybridized carbons (Fsp3) is 0.300. The molecule has 0 saturated heterocycles. The van der Waals surface area contributed by atoms with Crippen LogP contribution < -0.4 is 10.1 Å². The lowest BCUT2D eigenvalue weighted by molar-refractivity contribution is -0.127. The molecule has 2 atom stereocenters. The number of aliphatic hydroxyl groups is 1. The summed E-state index contributed by atoms with van der Waals surface area (Å²) in [6.45, 7) is 2.11. The number of carbonyl (C=O) groups excluding carboxylic acids is 1. The van der Waals surface area contributed by atoms with E-state index in [-0.39, 0.29) is 18.4 Å². The number of aliphatic hydroxyl groups excluding tert-OH is 1. The van der Waals surface area contributed by atoms with Gasteiger partial charge in [0.05, 0.1) is 5.56 Å². The second-order valence-electron chi connectivity index (χ2n) is 5.73. The summed E-state index contributed by atoms with van der Waals surface area (Å²) in [5.41, 5.74) is 1.46. The van der Waals surface area contributed by atoms with Crippen molar-refractivity contribution in [1.82, 2.24) is 5.32 Å². The van der Waals surface area contributed by atoms with Gasteiger partial charge in [0.2, 0.25) is 0 Å². The molecule has 0 heterocycles. The minimum Gasteiger partial charge on any atom is -0.480 e. The van der Waals surface area contributed by atoms with Gasteiger partial charge in [-0.3, -0.25) is 4.79 Å². The summed E-state index contributed by atoms with van der Waals surface area (Å²) in [6, 6.07) is 18.6. The highest BCUT2D eigenvalue weighted by atomic mass is 16.5. The van der Waals surface area contributed by atoms with E-state index in [1.807, 2.05) is 36.4 Å². The number of rotatable bonds is 8. The van der Waals surface area contributed by atoms with E-state index >= 15 is 0 Å². The maximum absolute atomic E-state index is 12.3. The molecule has 0 saturated carbocycles. The van der Waals surface area contributed by atoms with Crippen molar-refractivity contribution in [1.29, 1.82) is 5.26 Å². The Bertz CT molecular complexity index is 725. The van der Waals surface area contributed by atoms with Crippen LogP contribution in [0.5, 0.6) is 5.75 Å². The molecule has 130 valence electrons. The first-order chi connectivity index (χ1) is 12.2. The number of carbonyl (C=O) groups is 1. The molecule has 2 rings (SSSR count). The number of benzene rings is 2. The van der Waals surface area contributed by atoms with Crippen LogP contribution in [0.2, 0.25) is 0 Å². The molecule has 0 spiro atoms. The van der Waals surface area contributed by atoms with E-state index in [1.54, 1.807) is 31.2 Å². The third kappa shape index (κ3) is 5.33. The second kappa shape index (κ2) is 9.45. The lowest BCUT2D eigenvalue weighted by Crippen LogP contribution is -2.38. The van der Waals surface area contributed by atoms with E-state index in [0.717, 1.165) is 5.56 Å². The van der Waals surface area contributed by atoms with Gasteiger partial charge in [-0.25, -0.2) is 0 Å². The fourth-order valence-electron chi connectivity index (χ4n) is 2.54. The lowest BCUT2D eigenvalue weighted by Gasteiger charge is -2.20. The van der Waals surface area contributed by atoms with Crippen LogP contribution >= 0.6 is 0 Å². The van der Waals surface area contributed by atoms with Crippen LogP contribution in [0.25, 0.3) is 0 Å². The van der Waals surface area contributed by atoms with Gasteiger partial charge >= 0.3 is 0 Å². The minimum absolute atomic E-state index is 0.0359. The zero-order chi connectivity index (χ0) is 18.1. The summed E-state index contributed by atoms with van der Waals surface area (Å²) < 4.78 is 5.61. The van der Waals surface area contributed by atoms with Crippen molar-refractivity contribution in [3.8, 4) is 11.8 Å². The average molecular weight is 338 g/mol. The van der Waals surface area contributed by atoms with Crippen molar-refractivity contribution in [2.45, 2.75) is 25.4 Å². The largest absolute Gasteiger partial charge is 0.480 e. The monoisotopic (exact) mass is 338 g/mol. The zero-order valence-corrected chi connectivity index (χ0v) is 14.2. The van der Waals surface area contributed by atoms with Gasteiger partial charge in [-0.05, 0) is 31.0 Å². The maximum atomic E-state index is 12.3. The summed E-state index contributed by atoms with van der Waals surface area (Å²) in [7, 11) is 0. The van der Waals surface area contributed by atoms with Crippen molar-refractivity contribution < 1.29 is 14.6 Å². The highest BCUT2D eigenvalue weighted by Crippen LogP contribution is 2.20. The standard InChI is InChI=1S/C20H22N2O3/c1-15(25-19-10-6-5-9-17(19)13-21)20(24)22-14-18(11-12-23)16-7-3-2-4-8-16/h2-10,15,18,23H,11-12,14H2,1H3,(H,22,24). The van der Waals surface area contributed by atoms with Gasteiger partial charge in [0.15, 0.2) is 6.10 Å². The zero-order valence-electron chi connectivity index (χ0n) is 14.2. The van der Waals surface area contributed by atoms with E-state index in [4.69, 9.17) is 10.00 Å². The van der Waals surface area contributed by atoms with Crippen LogP contribution in [0.15, 0.2) is 54.6 Å². The van der Waals surface area contributed by atoms with Crippen LogP contribution in [0.4, 0.5) is 0 Å². The Balaban J connectivity index is 1.95. The summed E-state index contributed by atoms with van der Waals surface area (Å²) in [6.07, 6.45) is -0.156. The predicted octanol–water partition coefficient (Wildman–Crippen LogP) is 2.61. The van der Waals surface area contributed by atoms with Crippen LogP contribution in [-0.2, 0) is 4.79 Å². The van der Waals surface area contributed by atoms with Crippen molar-refractivity contribution >= 4 is 5.91 Å². The summed E-state index contributed by atoms with van der Waals surface area (Å²) in [5, 5.41) is 21.2. The number of amides is 1. The molecular weight excluding hydrogens is 316 g/mol. The smallest absolute Gasteiger partial charge is 0.260 e. The Hall–Kier alpha value is -2.84. The molecule has 0 aliphatic rings. The predicted molar refractivity (Wildman–Crippen MR) is 95.1 cm³/mol. The van der Waals surface area contributed by atoms with Crippen LogP contribution in [-0.4, -0.2) is 30.3 Å². The Morgan fingerprint density at radius 2 is 1.88 bits per heavy atom. The normalized spacial score (nSPS) is 12.7. The van der Waals surface area contributed by atoms with Crippen LogP contribution in [0.1, 0.15) is 30.4 Å². The molecule has 2 N–H and O–H groups in total. The van der Waals surface area contributed by atoms with E-state index in [9.17, 15) is 9.90 Å². The molecule has 0 aromatic heterocycles. The highest BCUT2D eigenvalue weighted by molar-refractivity contribution is 5.80. The first-order valence-electron chi connectivity index (χ1n) is 8.25. The number of nitrogens with one attached hydrogen (secondary N) is 1. The van der Waals surface area contributed by atoms with Gasteiger partial charge in [0.25, 0.3) is 5.91 Å². The van der Waals surface area contributed by atoms with E-state index in [2.05, 4.69) is 5.32 Å². The van der Waals surface area contributed by atoms with Crippen molar-refractivity contribution in [3.05, 3.63) is 65.7 Å². The van der Waals surface area contributed by atoms with E-state index in [0.29, 0.717) is 24.3 Å². The maximum Gasteiger partial charge on any atom is 0.260 e. The molecule has 0 aliphatic carbocycles. The Kier molecular flexibility index (Phi) is 7.00. The summed E-state index contributed by atoms with van der Waals surface area (Å²) in [4.78, 5) is 12.3. The van der Waals surface area contributed by atoms with Gasteiger partial charge in [0.1, 0.15) is 11.8 Å². The van der Waals surface area contributed by atoms with Gasteiger partial charge < -0.3 is 15.2 Å². The molecule has 0 aliphatic heterocycles. The number of para-hydroxylation sites is 1. The van der Waals surface area contributed by atoms with Gasteiger partial charge in [-0.2, -0.15) is 5.26 Å². The highest BCUT2D eigenvalue weighted by Gasteiger charge is 2.18. The van der Waals surface area contributed by atoms with Gasteiger partial charge in [-0.1, -0.05) is 42.5 Å². The number of ether oxygens (including phenoxy) is 1. The average Bonchev–Trinajstić information content (AvgIpc) is 2.66. The first kappa shape index (κ1) is 18.5. The van der Waals surface area contributed by atoms with Gasteiger partial charge in [-0.15, -0.1) is 0 Å². The third-order valence-electron chi connectivity index (χ3n) is 3.95. The molecule has 1 amide bonds. The van der Waals surface area contributed by atoms with E-state index in [1.165, 1.54) is 0 Å². The number of hydrogen-bond donors (Lipinski definition) is 2. The van der Waals surface area contributed by atoms with Gasteiger partial charge in [0, 0.05) is 19.1 Å². The molecule has 2 unspecified atom stereocenters. The minimum atomic E-state index is -0.722. The van der Waals surface area contributed by atoms with Crippen LogP contribution in [0, 0.1) is 11.3 Å². The summed E-state index contributed by atoms with van der Waals surface area (Å²) in [5.74, 6) is 0.169. The van der Waals surface area contributed by atoms with Crippen LogP contribution in [0.3, 0.4) is 0 Å². The number of hydrogen-bond acceptors (Lipinski definition) is 4. The SMILES string of the molecule is CC(Oc1ccccc1C#N)C(=O)NCC(CCO)c1ccccc1.